The molecule has 8 aliphatic heterocycles. The van der Waals surface area contributed by atoms with E-state index >= 15 is 0 Å². The fourth-order valence-electron chi connectivity index (χ4n) is 10.6. The highest BCUT2D eigenvalue weighted by molar-refractivity contribution is 5.82. The van der Waals surface area contributed by atoms with Crippen molar-refractivity contribution >= 4 is 51.2 Å². The summed E-state index contributed by atoms with van der Waals surface area (Å²) < 4.78 is 0. The summed E-state index contributed by atoms with van der Waals surface area (Å²) in [4.78, 5) is 36.9. The van der Waals surface area contributed by atoms with Gasteiger partial charge in [0.2, 0.25) is 0 Å². The lowest BCUT2D eigenvalue weighted by Crippen LogP contribution is -2.40. The van der Waals surface area contributed by atoms with Crippen LogP contribution in [0.1, 0.15) is 0 Å². The Morgan fingerprint density at radius 2 is 0.548 bits per heavy atom. The van der Waals surface area contributed by atoms with Gasteiger partial charge in [-0.1, -0.05) is 66.7 Å². The fourth-order valence-corrected chi connectivity index (χ4v) is 10.6. The van der Waals surface area contributed by atoms with Crippen molar-refractivity contribution in [2.24, 2.45) is 0 Å². The second kappa shape index (κ2) is 21.7. The summed E-state index contributed by atoms with van der Waals surface area (Å²) in [6.45, 7) is 11.4. The third-order valence-corrected chi connectivity index (χ3v) is 14.1. The third-order valence-electron chi connectivity index (χ3n) is 14.1. The van der Waals surface area contributed by atoms with E-state index in [4.69, 9.17) is 0 Å². The van der Waals surface area contributed by atoms with Gasteiger partial charge in [-0.15, -0.1) is 0 Å². The molecule has 0 unspecified atom stereocenters. The van der Waals surface area contributed by atoms with E-state index in [1.54, 1.807) is 0 Å². The standard InChI is InChI=1S/C18H20N4.C17H20N4.C13H18N4.C9H16N4/c1-19-11-12-20(13-19)14-21-15-22(16-7-3-2-4-8-16)18-10-6-5-9-17(18)21;1-18-11-20(16-9-5-3-7-14(16)18)13-21-12-19(2)15-8-4-6-10-17(15)21;1-14-7-8-16(9-14)11-17-10-15(2)12-5-3-4-6-13(12)17;1-10-3-5-12(7-10)9-13-6-4-11(2)8-13/h2-12H,13-15H2,1H3;3-10H,11-13H2,1-2H3;3-8H,9-11H2,1-2H3;3-6H,7-9H2,1-2H3. The van der Waals surface area contributed by atoms with Crippen molar-refractivity contribution in [1.29, 1.82) is 0 Å². The SMILES string of the molecule is CN1C=CN(CN2C=CN(C)C2)C1.CN1C=CN(CN2CN(C)c3ccccc32)C1.CN1C=CN(CN2CN(c3ccccc3)c3ccccc32)C1.CN1CN(CN2CN(C)c3ccccc32)c2ccccc21. The first-order chi connectivity index (χ1) is 35.5. The Hall–Kier alpha value is -8.14. The third kappa shape index (κ3) is 11.2. The number of fused-ring (bicyclic) bond motifs is 4. The zero-order valence-corrected chi connectivity index (χ0v) is 43.9. The van der Waals surface area contributed by atoms with E-state index in [2.05, 4.69) is 305 Å². The Morgan fingerprint density at radius 3 is 0.904 bits per heavy atom. The molecular formula is C57H74N16. The summed E-state index contributed by atoms with van der Waals surface area (Å²) in [6, 6.07) is 45.1. The maximum atomic E-state index is 2.44. The van der Waals surface area contributed by atoms with Crippen LogP contribution in [0.25, 0.3) is 0 Å². The molecule has 0 radical (unpaired) electrons. The number of anilines is 9. The summed E-state index contributed by atoms with van der Waals surface area (Å²) in [7, 11) is 14.8. The predicted octanol–water partition coefficient (Wildman–Crippen LogP) is 7.84. The largest absolute Gasteiger partial charge is 0.362 e. The van der Waals surface area contributed by atoms with Gasteiger partial charge >= 0.3 is 0 Å². The lowest BCUT2D eigenvalue weighted by molar-refractivity contribution is 0.179. The minimum Gasteiger partial charge on any atom is -0.362 e. The quantitative estimate of drug-likeness (QED) is 0.144. The topological polar surface area (TPSA) is 51.8 Å². The molecule has 16 nitrogen and oxygen atoms in total. The van der Waals surface area contributed by atoms with Gasteiger partial charge in [0.25, 0.3) is 0 Å². The van der Waals surface area contributed by atoms with Crippen molar-refractivity contribution in [3.8, 4) is 0 Å². The number of rotatable bonds is 9. The molecule has 16 heteroatoms. The van der Waals surface area contributed by atoms with E-state index in [-0.39, 0.29) is 0 Å². The summed E-state index contributed by atoms with van der Waals surface area (Å²) in [5.41, 5.74) is 11.8. The number of para-hydroxylation sites is 9. The molecule has 5 aromatic rings. The molecule has 0 atom stereocenters. The molecule has 382 valence electrons. The van der Waals surface area contributed by atoms with Gasteiger partial charge in [-0.05, 0) is 60.7 Å². The second-order valence-corrected chi connectivity index (χ2v) is 20.2. The molecule has 0 N–H and O–H groups in total. The van der Waals surface area contributed by atoms with E-state index in [1.165, 1.54) is 51.2 Å². The van der Waals surface area contributed by atoms with Crippen molar-refractivity contribution in [3.63, 3.8) is 0 Å². The van der Waals surface area contributed by atoms with Crippen LogP contribution in [0.2, 0.25) is 0 Å². The van der Waals surface area contributed by atoms with Crippen LogP contribution in [-0.4, -0.2) is 169 Å². The molecule has 8 aliphatic rings. The van der Waals surface area contributed by atoms with Gasteiger partial charge in [0.15, 0.2) is 0 Å². The van der Waals surface area contributed by atoms with Crippen molar-refractivity contribution in [2.45, 2.75) is 0 Å². The Morgan fingerprint density at radius 1 is 0.260 bits per heavy atom. The number of hydrogen-bond acceptors (Lipinski definition) is 16. The summed E-state index contributed by atoms with van der Waals surface area (Å²) in [5.74, 6) is 0. The Kier molecular flexibility index (Phi) is 14.4. The number of benzene rings is 5. The molecule has 0 bridgehead atoms. The van der Waals surface area contributed by atoms with Gasteiger partial charge < -0.3 is 78.4 Å². The maximum absolute atomic E-state index is 2.44. The van der Waals surface area contributed by atoms with Crippen molar-refractivity contribution < 1.29 is 0 Å². The highest BCUT2D eigenvalue weighted by atomic mass is 15.5. The monoisotopic (exact) mass is 983 g/mol. The Labute approximate surface area is 434 Å². The van der Waals surface area contributed by atoms with Crippen LogP contribution in [0.3, 0.4) is 0 Å². The molecule has 0 saturated carbocycles. The summed E-state index contributed by atoms with van der Waals surface area (Å²) in [6.07, 6.45) is 17.0. The van der Waals surface area contributed by atoms with Crippen LogP contribution in [0, 0.1) is 0 Å². The molecule has 0 spiro atoms. The van der Waals surface area contributed by atoms with Gasteiger partial charge in [0.05, 0.1) is 126 Å². The van der Waals surface area contributed by atoms with Gasteiger partial charge in [-0.25, -0.2) is 0 Å². The van der Waals surface area contributed by atoms with E-state index in [0.29, 0.717) is 0 Å². The van der Waals surface area contributed by atoms with Crippen LogP contribution >= 0.6 is 0 Å². The first kappa shape index (κ1) is 48.5. The van der Waals surface area contributed by atoms with Gasteiger partial charge in [-0.3, -0.25) is 0 Å². The average molecular weight is 983 g/mol. The molecule has 73 heavy (non-hydrogen) atoms. The summed E-state index contributed by atoms with van der Waals surface area (Å²) in [5, 5.41) is 0. The van der Waals surface area contributed by atoms with Gasteiger partial charge in [-0.2, -0.15) is 0 Å². The molecule has 5 aromatic carbocycles. The van der Waals surface area contributed by atoms with E-state index in [0.717, 1.165) is 80.0 Å². The van der Waals surface area contributed by atoms with Crippen molar-refractivity contribution in [1.82, 2.24) is 39.2 Å². The number of hydrogen-bond donors (Lipinski definition) is 0. The zero-order valence-electron chi connectivity index (χ0n) is 43.9. The maximum Gasteiger partial charge on any atom is 0.0970 e. The number of nitrogens with zero attached hydrogens (tertiary/aromatic N) is 16. The molecular weight excluding hydrogens is 909 g/mol. The highest BCUT2D eigenvalue weighted by Crippen LogP contribution is 2.41. The lowest BCUT2D eigenvalue weighted by Gasteiger charge is -2.27. The Bertz CT molecular complexity index is 2660. The van der Waals surface area contributed by atoms with Crippen LogP contribution in [0.15, 0.2) is 177 Å². The van der Waals surface area contributed by atoms with Crippen LogP contribution in [-0.2, 0) is 0 Å². The molecule has 0 amide bonds. The van der Waals surface area contributed by atoms with Crippen LogP contribution < -0.4 is 39.2 Å². The van der Waals surface area contributed by atoms with Crippen molar-refractivity contribution in [3.05, 3.63) is 177 Å². The zero-order chi connectivity index (χ0) is 50.4. The average Bonchev–Trinajstić information content (AvgIpc) is 4.32. The second-order valence-electron chi connectivity index (χ2n) is 20.2. The van der Waals surface area contributed by atoms with Crippen LogP contribution in [0.4, 0.5) is 51.2 Å². The first-order valence-electron chi connectivity index (χ1n) is 25.4. The Balaban J connectivity index is 0.000000114. The van der Waals surface area contributed by atoms with E-state index in [1.807, 2.05) is 0 Å². The van der Waals surface area contributed by atoms with Crippen molar-refractivity contribution in [2.75, 3.05) is 169 Å². The normalized spacial score (nSPS) is 17.7. The summed E-state index contributed by atoms with van der Waals surface area (Å²) >= 11 is 0. The lowest BCUT2D eigenvalue weighted by atomic mass is 10.2. The van der Waals surface area contributed by atoms with Crippen LogP contribution in [0.5, 0.6) is 0 Å². The van der Waals surface area contributed by atoms with E-state index < -0.39 is 0 Å². The van der Waals surface area contributed by atoms with E-state index in [9.17, 15) is 0 Å². The smallest absolute Gasteiger partial charge is 0.0970 e. The molecule has 0 aromatic heterocycles. The molecule has 0 fully saturated rings. The molecule has 13 rings (SSSR count). The first-order valence-corrected chi connectivity index (χ1v) is 25.4. The van der Waals surface area contributed by atoms with Gasteiger partial charge in [0.1, 0.15) is 0 Å². The molecule has 8 heterocycles. The molecule has 0 aliphatic carbocycles. The predicted molar refractivity (Wildman–Crippen MR) is 303 cm³/mol. The minimum absolute atomic E-state index is 0.886. The fraction of sp³-hybridized carbons (Fsp3) is 0.333. The van der Waals surface area contributed by atoms with Gasteiger partial charge in [0, 0.05) is 105 Å². The minimum atomic E-state index is 0.886. The molecule has 0 saturated heterocycles. The highest BCUT2D eigenvalue weighted by Gasteiger charge is 2.30.